The fourth-order valence-corrected chi connectivity index (χ4v) is 4.54. The van der Waals surface area contributed by atoms with Gasteiger partial charge in [-0.3, -0.25) is 4.90 Å². The second kappa shape index (κ2) is 7.38. The molecule has 2 aromatic rings. The largest absolute Gasteiger partial charge is 0.444 e. The van der Waals surface area contributed by atoms with Gasteiger partial charge >= 0.3 is 6.09 Å². The molecule has 0 bridgehead atoms. The summed E-state index contributed by atoms with van der Waals surface area (Å²) in [5, 5.41) is 1.19. The average Bonchev–Trinajstić information content (AvgIpc) is 2.87. The van der Waals surface area contributed by atoms with Crippen molar-refractivity contribution in [2.45, 2.75) is 71.6 Å². The molecular formula is C22H31BrN2O3. The van der Waals surface area contributed by atoms with Crippen molar-refractivity contribution < 1.29 is 14.3 Å². The Bertz CT molecular complexity index is 880. The zero-order chi connectivity index (χ0) is 20.9. The molecule has 5 nitrogen and oxygen atoms in total. The standard InChI is InChI=1S/C22H31BrN2O3/c1-13(2)18-15-10-14(8-9-16(15)24-19(18)23)17-11-25(22(6,7)12-27-17)20(26)28-21(3,4)5/h8-10,13,17,24H,11-12H2,1-7H3. The van der Waals surface area contributed by atoms with Crippen LogP contribution < -0.4 is 0 Å². The molecule has 1 unspecified atom stereocenters. The topological polar surface area (TPSA) is 54.6 Å². The molecule has 1 atom stereocenters. The smallest absolute Gasteiger partial charge is 0.410 e. The lowest BCUT2D eigenvalue weighted by atomic mass is 9.96. The lowest BCUT2D eigenvalue weighted by molar-refractivity contribution is -0.100. The van der Waals surface area contributed by atoms with Crippen LogP contribution in [0.3, 0.4) is 0 Å². The van der Waals surface area contributed by atoms with Gasteiger partial charge in [0.2, 0.25) is 0 Å². The van der Waals surface area contributed by atoms with Crippen LogP contribution in [0.4, 0.5) is 4.79 Å². The van der Waals surface area contributed by atoms with E-state index in [1.807, 2.05) is 34.6 Å². The van der Waals surface area contributed by atoms with Crippen molar-refractivity contribution in [3.63, 3.8) is 0 Å². The minimum absolute atomic E-state index is 0.182. The minimum Gasteiger partial charge on any atom is -0.444 e. The second-order valence-corrected chi connectivity index (χ2v) is 10.3. The summed E-state index contributed by atoms with van der Waals surface area (Å²) >= 11 is 3.65. The molecule has 6 heteroatoms. The summed E-state index contributed by atoms with van der Waals surface area (Å²) in [5.41, 5.74) is 2.49. The number of halogens is 1. The molecule has 0 aliphatic carbocycles. The van der Waals surface area contributed by atoms with Gasteiger partial charge in [-0.05, 0) is 79.7 Å². The van der Waals surface area contributed by atoms with E-state index in [0.29, 0.717) is 19.1 Å². The highest BCUT2D eigenvalue weighted by Crippen LogP contribution is 2.36. The molecule has 1 aliphatic rings. The first-order valence-electron chi connectivity index (χ1n) is 9.82. The van der Waals surface area contributed by atoms with Crippen molar-refractivity contribution >= 4 is 32.9 Å². The number of nitrogens with zero attached hydrogens (tertiary/aromatic N) is 1. The van der Waals surface area contributed by atoms with E-state index in [0.717, 1.165) is 15.7 Å². The van der Waals surface area contributed by atoms with Crippen LogP contribution in [0.25, 0.3) is 10.9 Å². The maximum Gasteiger partial charge on any atom is 0.410 e. The van der Waals surface area contributed by atoms with Gasteiger partial charge in [0.1, 0.15) is 11.7 Å². The SMILES string of the molecule is CC(C)c1c(Br)[nH]c2ccc(C3CN(C(=O)OC(C)(C)C)C(C)(C)CO3)cc12. The van der Waals surface area contributed by atoms with Gasteiger partial charge < -0.3 is 14.5 Å². The zero-order valence-corrected chi connectivity index (χ0v) is 19.4. The number of aromatic amines is 1. The number of amides is 1. The number of hydrogen-bond donors (Lipinski definition) is 1. The number of nitrogens with one attached hydrogen (secondary N) is 1. The Morgan fingerprint density at radius 1 is 1.36 bits per heavy atom. The third-order valence-corrected chi connectivity index (χ3v) is 5.72. The highest BCUT2D eigenvalue weighted by Gasteiger charge is 2.40. The Morgan fingerprint density at radius 2 is 2.04 bits per heavy atom. The summed E-state index contributed by atoms with van der Waals surface area (Å²) in [6, 6.07) is 6.34. The number of benzene rings is 1. The maximum atomic E-state index is 12.8. The fourth-order valence-electron chi connectivity index (χ4n) is 3.65. The average molecular weight is 451 g/mol. The summed E-state index contributed by atoms with van der Waals surface area (Å²) in [4.78, 5) is 18.0. The maximum absolute atomic E-state index is 12.8. The first-order chi connectivity index (χ1) is 12.9. The molecule has 1 amide bonds. The van der Waals surface area contributed by atoms with E-state index in [1.54, 1.807) is 4.90 Å². The van der Waals surface area contributed by atoms with Crippen molar-refractivity contribution in [3.8, 4) is 0 Å². The normalized spacial score (nSPS) is 20.0. The second-order valence-electron chi connectivity index (χ2n) is 9.52. The van der Waals surface area contributed by atoms with E-state index in [4.69, 9.17) is 9.47 Å². The molecule has 154 valence electrons. The van der Waals surface area contributed by atoms with Crippen LogP contribution in [0.2, 0.25) is 0 Å². The van der Waals surface area contributed by atoms with Crippen LogP contribution in [-0.2, 0) is 9.47 Å². The number of H-pyrrole nitrogens is 1. The van der Waals surface area contributed by atoms with Gasteiger partial charge in [0.25, 0.3) is 0 Å². The van der Waals surface area contributed by atoms with Gasteiger partial charge in [0.15, 0.2) is 0 Å². The van der Waals surface area contributed by atoms with Gasteiger partial charge in [-0.15, -0.1) is 0 Å². The molecule has 2 heterocycles. The van der Waals surface area contributed by atoms with E-state index < -0.39 is 11.1 Å². The number of morpholine rings is 1. The van der Waals surface area contributed by atoms with E-state index >= 15 is 0 Å². The third kappa shape index (κ3) is 4.23. The van der Waals surface area contributed by atoms with Gasteiger partial charge in [0, 0.05) is 10.9 Å². The molecule has 1 aliphatic heterocycles. The number of carbonyl (C=O) groups excluding carboxylic acids is 1. The summed E-state index contributed by atoms with van der Waals surface area (Å²) in [6.45, 7) is 15.0. The Kier molecular flexibility index (Phi) is 5.58. The molecule has 0 radical (unpaired) electrons. The Balaban J connectivity index is 1.91. The lowest BCUT2D eigenvalue weighted by Crippen LogP contribution is -2.57. The van der Waals surface area contributed by atoms with Gasteiger partial charge in [-0.2, -0.15) is 0 Å². The highest BCUT2D eigenvalue weighted by atomic mass is 79.9. The number of ether oxygens (including phenoxy) is 2. The minimum atomic E-state index is -0.524. The first-order valence-corrected chi connectivity index (χ1v) is 10.6. The van der Waals surface area contributed by atoms with Crippen LogP contribution in [-0.4, -0.2) is 40.3 Å². The van der Waals surface area contributed by atoms with Crippen LogP contribution >= 0.6 is 15.9 Å². The van der Waals surface area contributed by atoms with Crippen molar-refractivity contribution in [3.05, 3.63) is 33.9 Å². The lowest BCUT2D eigenvalue weighted by Gasteiger charge is -2.45. The van der Waals surface area contributed by atoms with Gasteiger partial charge in [-0.25, -0.2) is 4.79 Å². The summed E-state index contributed by atoms with van der Waals surface area (Å²) in [7, 11) is 0. The van der Waals surface area contributed by atoms with E-state index in [2.05, 4.69) is 53.0 Å². The van der Waals surface area contributed by atoms with Crippen LogP contribution in [0.5, 0.6) is 0 Å². The molecule has 1 N–H and O–H groups in total. The monoisotopic (exact) mass is 450 g/mol. The Morgan fingerprint density at radius 3 is 2.64 bits per heavy atom. The summed E-state index contributed by atoms with van der Waals surface area (Å²) in [6.07, 6.45) is -0.474. The zero-order valence-electron chi connectivity index (χ0n) is 17.9. The van der Waals surface area contributed by atoms with E-state index in [1.165, 1.54) is 10.9 Å². The van der Waals surface area contributed by atoms with Crippen molar-refractivity contribution in [1.82, 2.24) is 9.88 Å². The Hall–Kier alpha value is -1.53. The number of aromatic nitrogens is 1. The predicted octanol–water partition coefficient (Wildman–Crippen LogP) is 6.14. The molecule has 1 fully saturated rings. The predicted molar refractivity (Wildman–Crippen MR) is 116 cm³/mol. The van der Waals surface area contributed by atoms with Gasteiger partial charge in [0.05, 0.1) is 23.3 Å². The molecule has 28 heavy (non-hydrogen) atoms. The highest BCUT2D eigenvalue weighted by molar-refractivity contribution is 9.10. The molecular weight excluding hydrogens is 420 g/mol. The quantitative estimate of drug-likeness (QED) is 0.597. The molecule has 3 rings (SSSR count). The molecule has 0 spiro atoms. The fraction of sp³-hybridized carbons (Fsp3) is 0.591. The van der Waals surface area contributed by atoms with Crippen LogP contribution in [0, 0.1) is 0 Å². The van der Waals surface area contributed by atoms with E-state index in [-0.39, 0.29) is 12.2 Å². The Labute approximate surface area is 175 Å². The number of hydrogen-bond acceptors (Lipinski definition) is 3. The van der Waals surface area contributed by atoms with E-state index in [9.17, 15) is 4.79 Å². The molecule has 0 saturated carbocycles. The first kappa shape index (κ1) is 21.2. The van der Waals surface area contributed by atoms with Crippen LogP contribution in [0.1, 0.15) is 71.6 Å². The summed E-state index contributed by atoms with van der Waals surface area (Å²) in [5.74, 6) is 0.392. The number of fused-ring (bicyclic) bond motifs is 1. The van der Waals surface area contributed by atoms with Gasteiger partial charge in [-0.1, -0.05) is 19.9 Å². The summed E-state index contributed by atoms with van der Waals surface area (Å²) < 4.78 is 12.8. The van der Waals surface area contributed by atoms with Crippen LogP contribution in [0.15, 0.2) is 22.8 Å². The van der Waals surface area contributed by atoms with Crippen molar-refractivity contribution in [2.75, 3.05) is 13.2 Å². The molecule has 1 saturated heterocycles. The molecule has 1 aromatic carbocycles. The number of carbonyl (C=O) groups is 1. The number of rotatable bonds is 2. The van der Waals surface area contributed by atoms with Crippen molar-refractivity contribution in [2.24, 2.45) is 0 Å². The molecule has 1 aromatic heterocycles. The third-order valence-electron chi connectivity index (χ3n) is 5.09. The van der Waals surface area contributed by atoms with Crippen molar-refractivity contribution in [1.29, 1.82) is 0 Å².